The number of carbonyl (C=O) groups is 1. The highest BCUT2D eigenvalue weighted by atomic mass is 35.5. The lowest BCUT2D eigenvalue weighted by Crippen LogP contribution is -2.28. The van der Waals surface area contributed by atoms with Crippen LogP contribution < -0.4 is 15.0 Å². The summed E-state index contributed by atoms with van der Waals surface area (Å²) in [6.07, 6.45) is -0.980. The zero-order chi connectivity index (χ0) is 22.2. The minimum absolute atomic E-state index is 0.0664. The molecule has 1 amide bonds. The third-order valence-electron chi connectivity index (χ3n) is 5.39. The van der Waals surface area contributed by atoms with Crippen LogP contribution in [0.25, 0.3) is 10.8 Å². The summed E-state index contributed by atoms with van der Waals surface area (Å²) in [4.78, 5) is 13.3. The summed E-state index contributed by atoms with van der Waals surface area (Å²) in [7, 11) is 0. The fraction of sp³-hybridized carbons (Fsp3) is 0.320. The van der Waals surface area contributed by atoms with E-state index in [9.17, 15) is 9.90 Å². The number of hydrogen-bond donors (Lipinski definition) is 2. The Balaban J connectivity index is 1.85. The summed E-state index contributed by atoms with van der Waals surface area (Å²) in [6, 6.07) is 17.9. The standard InChI is InChI=1S/C25H27ClN2O3/c1-25(2,3)27-18-9-10-19-20(11-18)23-17(13-26)14-28(24(29)30)21(23)12-22(19)31-15-16-7-5-4-6-8-16/h4-12,17,27H,13-15H2,1-3H3,(H,29,30)/t17-/m1/s1. The summed E-state index contributed by atoms with van der Waals surface area (Å²) in [5.41, 5.74) is 3.55. The molecule has 2 N–H and O–H groups in total. The molecule has 0 saturated carbocycles. The quantitative estimate of drug-likeness (QED) is 0.449. The first-order valence-corrected chi connectivity index (χ1v) is 10.9. The van der Waals surface area contributed by atoms with Gasteiger partial charge in [0.1, 0.15) is 12.4 Å². The number of carboxylic acid groups (broad SMARTS) is 1. The van der Waals surface area contributed by atoms with Gasteiger partial charge in [-0.15, -0.1) is 11.6 Å². The van der Waals surface area contributed by atoms with E-state index in [-0.39, 0.29) is 11.5 Å². The lowest BCUT2D eigenvalue weighted by molar-refractivity contribution is 0.202. The van der Waals surface area contributed by atoms with E-state index in [2.05, 4.69) is 32.2 Å². The van der Waals surface area contributed by atoms with E-state index in [4.69, 9.17) is 16.3 Å². The van der Waals surface area contributed by atoms with Gasteiger partial charge in [0, 0.05) is 41.0 Å². The first kappa shape index (κ1) is 21.3. The SMILES string of the molecule is CC(C)(C)Nc1ccc2c(OCc3ccccc3)cc3c(c2c1)[C@H](CCl)CN3C(=O)O. The van der Waals surface area contributed by atoms with Crippen LogP contribution in [-0.2, 0) is 6.61 Å². The molecular formula is C25H27ClN2O3. The Bertz CT molecular complexity index is 1110. The van der Waals surface area contributed by atoms with Crippen molar-refractivity contribution < 1.29 is 14.6 Å². The number of fused-ring (bicyclic) bond motifs is 3. The third kappa shape index (κ3) is 4.42. The molecule has 0 spiro atoms. The van der Waals surface area contributed by atoms with Gasteiger partial charge in [0.05, 0.1) is 5.69 Å². The van der Waals surface area contributed by atoms with Gasteiger partial charge in [0.25, 0.3) is 0 Å². The van der Waals surface area contributed by atoms with Crippen LogP contribution in [0.3, 0.4) is 0 Å². The summed E-state index contributed by atoms with van der Waals surface area (Å²) in [5.74, 6) is 0.956. The van der Waals surface area contributed by atoms with Crippen molar-refractivity contribution in [3.8, 4) is 5.75 Å². The molecule has 31 heavy (non-hydrogen) atoms. The number of rotatable bonds is 5. The Morgan fingerprint density at radius 3 is 2.55 bits per heavy atom. The highest BCUT2D eigenvalue weighted by Gasteiger charge is 2.34. The molecule has 3 aromatic rings. The fourth-order valence-corrected chi connectivity index (χ4v) is 4.39. The molecule has 5 nitrogen and oxygen atoms in total. The Kier molecular flexibility index (Phi) is 5.71. The maximum absolute atomic E-state index is 11.9. The van der Waals surface area contributed by atoms with Gasteiger partial charge in [-0.05, 0) is 55.5 Å². The predicted molar refractivity (Wildman–Crippen MR) is 127 cm³/mol. The van der Waals surface area contributed by atoms with Gasteiger partial charge >= 0.3 is 6.09 Å². The normalized spacial score (nSPS) is 15.7. The predicted octanol–water partition coefficient (Wildman–Crippen LogP) is 6.45. The van der Waals surface area contributed by atoms with Gasteiger partial charge in [-0.25, -0.2) is 4.79 Å². The largest absolute Gasteiger partial charge is 0.488 e. The Morgan fingerprint density at radius 2 is 1.90 bits per heavy atom. The van der Waals surface area contributed by atoms with Gasteiger partial charge in [-0.1, -0.05) is 30.3 Å². The van der Waals surface area contributed by atoms with Crippen molar-refractivity contribution in [3.05, 3.63) is 65.7 Å². The number of anilines is 2. The second kappa shape index (κ2) is 8.31. The molecule has 0 radical (unpaired) electrons. The summed E-state index contributed by atoms with van der Waals surface area (Å²) in [6.45, 7) is 7.07. The van der Waals surface area contributed by atoms with Crippen LogP contribution in [0.1, 0.15) is 37.8 Å². The molecule has 0 aliphatic carbocycles. The maximum atomic E-state index is 11.9. The molecular weight excluding hydrogens is 412 g/mol. The zero-order valence-electron chi connectivity index (χ0n) is 18.0. The number of hydrogen-bond acceptors (Lipinski definition) is 3. The minimum Gasteiger partial charge on any atom is -0.488 e. The maximum Gasteiger partial charge on any atom is 0.411 e. The van der Waals surface area contributed by atoms with Crippen LogP contribution in [0.5, 0.6) is 5.75 Å². The smallest absolute Gasteiger partial charge is 0.411 e. The van der Waals surface area contributed by atoms with Crippen LogP contribution in [0.15, 0.2) is 54.6 Å². The van der Waals surface area contributed by atoms with Gasteiger partial charge < -0.3 is 15.2 Å². The molecule has 1 atom stereocenters. The highest BCUT2D eigenvalue weighted by molar-refractivity contribution is 6.19. The summed E-state index contributed by atoms with van der Waals surface area (Å²) >= 11 is 6.27. The number of halogens is 1. The van der Waals surface area contributed by atoms with Crippen LogP contribution >= 0.6 is 11.6 Å². The molecule has 0 saturated heterocycles. The van der Waals surface area contributed by atoms with E-state index in [1.54, 1.807) is 0 Å². The summed E-state index contributed by atoms with van der Waals surface area (Å²) < 4.78 is 6.20. The van der Waals surface area contributed by atoms with E-state index in [0.29, 0.717) is 30.5 Å². The molecule has 1 aliphatic heterocycles. The van der Waals surface area contributed by atoms with E-state index in [1.807, 2.05) is 48.5 Å². The number of nitrogens with zero attached hydrogens (tertiary/aromatic N) is 1. The molecule has 1 heterocycles. The Hall–Kier alpha value is -2.92. The topological polar surface area (TPSA) is 61.8 Å². The van der Waals surface area contributed by atoms with Crippen molar-refractivity contribution in [2.24, 2.45) is 0 Å². The van der Waals surface area contributed by atoms with Gasteiger partial charge in [0.15, 0.2) is 0 Å². The molecule has 3 aromatic carbocycles. The lowest BCUT2D eigenvalue weighted by Gasteiger charge is -2.23. The highest BCUT2D eigenvalue weighted by Crippen LogP contribution is 2.46. The monoisotopic (exact) mass is 438 g/mol. The van der Waals surface area contributed by atoms with Gasteiger partial charge in [0.2, 0.25) is 0 Å². The van der Waals surface area contributed by atoms with Crippen LogP contribution in [0.4, 0.5) is 16.2 Å². The van der Waals surface area contributed by atoms with Crippen molar-refractivity contribution in [2.45, 2.75) is 38.8 Å². The van der Waals surface area contributed by atoms with Crippen LogP contribution in [0, 0.1) is 0 Å². The molecule has 6 heteroatoms. The van der Waals surface area contributed by atoms with E-state index in [1.165, 1.54) is 4.90 Å². The van der Waals surface area contributed by atoms with Crippen molar-refractivity contribution in [1.29, 1.82) is 0 Å². The summed E-state index contributed by atoms with van der Waals surface area (Å²) in [5, 5.41) is 15.2. The van der Waals surface area contributed by atoms with Crippen molar-refractivity contribution >= 4 is 39.8 Å². The molecule has 4 rings (SSSR count). The average molecular weight is 439 g/mol. The fourth-order valence-electron chi connectivity index (χ4n) is 4.13. The number of ether oxygens (including phenoxy) is 1. The van der Waals surface area contributed by atoms with Crippen LogP contribution in [0.2, 0.25) is 0 Å². The minimum atomic E-state index is -0.980. The molecule has 0 unspecified atom stereocenters. The number of alkyl halides is 1. The second-order valence-electron chi connectivity index (χ2n) is 8.96. The number of benzene rings is 3. The Morgan fingerprint density at radius 1 is 1.16 bits per heavy atom. The average Bonchev–Trinajstić information content (AvgIpc) is 3.10. The Labute approximate surface area is 187 Å². The first-order chi connectivity index (χ1) is 14.8. The van der Waals surface area contributed by atoms with Gasteiger partial charge in [-0.2, -0.15) is 0 Å². The number of amides is 1. The number of nitrogens with one attached hydrogen (secondary N) is 1. The molecule has 0 bridgehead atoms. The van der Waals surface area contributed by atoms with Crippen LogP contribution in [-0.4, -0.2) is 29.2 Å². The van der Waals surface area contributed by atoms with Crippen molar-refractivity contribution in [2.75, 3.05) is 22.6 Å². The zero-order valence-corrected chi connectivity index (χ0v) is 18.7. The van der Waals surface area contributed by atoms with E-state index in [0.717, 1.165) is 27.6 Å². The third-order valence-corrected chi connectivity index (χ3v) is 5.77. The molecule has 0 aromatic heterocycles. The van der Waals surface area contributed by atoms with Crippen molar-refractivity contribution in [3.63, 3.8) is 0 Å². The van der Waals surface area contributed by atoms with E-state index < -0.39 is 6.09 Å². The molecule has 0 fully saturated rings. The molecule has 162 valence electrons. The van der Waals surface area contributed by atoms with Gasteiger partial charge in [-0.3, -0.25) is 4.90 Å². The van der Waals surface area contributed by atoms with E-state index >= 15 is 0 Å². The molecule has 1 aliphatic rings. The lowest BCUT2D eigenvalue weighted by atomic mass is 9.94. The van der Waals surface area contributed by atoms with Crippen molar-refractivity contribution in [1.82, 2.24) is 0 Å². The second-order valence-corrected chi connectivity index (χ2v) is 9.27. The first-order valence-electron chi connectivity index (χ1n) is 10.4.